The van der Waals surface area contributed by atoms with Gasteiger partial charge in [0.2, 0.25) is 0 Å². The molecule has 1 heterocycles. The Labute approximate surface area is 183 Å². The minimum absolute atomic E-state index is 0.00187. The summed E-state index contributed by atoms with van der Waals surface area (Å²) in [7, 11) is 0. The van der Waals surface area contributed by atoms with E-state index in [0.29, 0.717) is 10.4 Å². The Bertz CT molecular complexity index is 785. The Morgan fingerprint density at radius 1 is 1.13 bits per heavy atom. The van der Waals surface area contributed by atoms with Gasteiger partial charge in [0.15, 0.2) is 0 Å². The monoisotopic (exact) mass is 433 g/mol. The summed E-state index contributed by atoms with van der Waals surface area (Å²) in [5.74, 6) is -3.16. The fourth-order valence-electron chi connectivity index (χ4n) is 3.07. The van der Waals surface area contributed by atoms with Gasteiger partial charge in [-0.3, -0.25) is 4.79 Å². The van der Waals surface area contributed by atoms with Gasteiger partial charge in [0.05, 0.1) is 18.6 Å². The molecule has 3 rings (SSSR count). The van der Waals surface area contributed by atoms with Crippen LogP contribution in [-0.4, -0.2) is 53.3 Å². The van der Waals surface area contributed by atoms with Crippen LogP contribution in [0.15, 0.2) is 48.1 Å². The molecule has 1 fully saturated rings. The molecule has 1 aliphatic heterocycles. The lowest BCUT2D eigenvalue weighted by Crippen LogP contribution is -2.42. The summed E-state index contributed by atoms with van der Waals surface area (Å²) < 4.78 is 5.01. The van der Waals surface area contributed by atoms with Gasteiger partial charge in [0, 0.05) is 29.4 Å². The topological polar surface area (TPSA) is 95.9 Å². The number of nitrogens with one attached hydrogen (secondary N) is 1. The Morgan fingerprint density at radius 2 is 1.70 bits per heavy atom. The van der Waals surface area contributed by atoms with E-state index in [0.717, 1.165) is 31.9 Å². The van der Waals surface area contributed by atoms with Gasteiger partial charge in [0.1, 0.15) is 0 Å². The summed E-state index contributed by atoms with van der Waals surface area (Å²) in [5, 5.41) is 22.1. The molecule has 0 bridgehead atoms. The molecule has 2 unspecified atom stereocenters. The molecule has 1 aromatic carbocycles. The molecule has 0 spiro atoms. The van der Waals surface area contributed by atoms with Crippen molar-refractivity contribution in [3.63, 3.8) is 0 Å². The van der Waals surface area contributed by atoms with Crippen molar-refractivity contribution in [2.45, 2.75) is 27.7 Å². The number of hydrogen-bond donors (Lipinski definition) is 3. The lowest BCUT2D eigenvalue weighted by molar-refractivity contribution is -0.146. The van der Waals surface area contributed by atoms with Crippen LogP contribution < -0.4 is 5.32 Å². The van der Waals surface area contributed by atoms with Crippen LogP contribution in [-0.2, 0) is 14.3 Å². The SMILES string of the molecule is C1COCCN1.CC.Cc1ccc(C(=S)C2C(C(=O)O)=CC=CC2(C)C(=O)O)cc1. The van der Waals surface area contributed by atoms with Crippen LogP contribution in [0.25, 0.3) is 0 Å². The van der Waals surface area contributed by atoms with E-state index in [1.165, 1.54) is 25.2 Å². The van der Waals surface area contributed by atoms with Gasteiger partial charge in [0.25, 0.3) is 0 Å². The highest BCUT2D eigenvalue weighted by atomic mass is 32.1. The predicted molar refractivity (Wildman–Crippen MR) is 122 cm³/mol. The molecule has 0 radical (unpaired) electrons. The van der Waals surface area contributed by atoms with Crippen LogP contribution in [0.1, 0.15) is 31.9 Å². The van der Waals surface area contributed by atoms with E-state index in [4.69, 9.17) is 17.0 Å². The first-order valence-corrected chi connectivity index (χ1v) is 10.4. The van der Waals surface area contributed by atoms with Crippen molar-refractivity contribution in [1.29, 1.82) is 0 Å². The number of rotatable bonds is 4. The highest BCUT2D eigenvalue weighted by Gasteiger charge is 2.46. The fourth-order valence-corrected chi connectivity index (χ4v) is 3.58. The summed E-state index contributed by atoms with van der Waals surface area (Å²) in [4.78, 5) is 23.5. The van der Waals surface area contributed by atoms with Crippen molar-refractivity contribution >= 4 is 29.0 Å². The van der Waals surface area contributed by atoms with Gasteiger partial charge in [-0.25, -0.2) is 4.79 Å². The van der Waals surface area contributed by atoms with E-state index < -0.39 is 23.3 Å². The first-order chi connectivity index (χ1) is 14.3. The Morgan fingerprint density at radius 3 is 2.10 bits per heavy atom. The van der Waals surface area contributed by atoms with E-state index >= 15 is 0 Å². The molecule has 0 amide bonds. The third-order valence-corrected chi connectivity index (χ3v) is 5.25. The third kappa shape index (κ3) is 6.58. The van der Waals surface area contributed by atoms with E-state index in [9.17, 15) is 19.8 Å². The lowest BCUT2D eigenvalue weighted by atomic mass is 9.67. The number of thiocarbonyl (C=S) groups is 1. The molecule has 2 aliphatic rings. The van der Waals surface area contributed by atoms with Crippen LogP contribution >= 0.6 is 12.2 Å². The predicted octanol–water partition coefficient (Wildman–Crippen LogP) is 3.63. The third-order valence-electron chi connectivity index (χ3n) is 4.78. The van der Waals surface area contributed by atoms with E-state index in [-0.39, 0.29) is 5.57 Å². The minimum Gasteiger partial charge on any atom is -0.481 e. The van der Waals surface area contributed by atoms with Crippen molar-refractivity contribution < 1.29 is 24.5 Å². The van der Waals surface area contributed by atoms with Crippen molar-refractivity contribution in [3.05, 3.63) is 59.2 Å². The van der Waals surface area contributed by atoms with Gasteiger partial charge in [-0.05, 0) is 19.4 Å². The normalized spacial score (nSPS) is 22.4. The van der Waals surface area contributed by atoms with Crippen molar-refractivity contribution in [2.75, 3.05) is 26.3 Å². The van der Waals surface area contributed by atoms with E-state index in [1.54, 1.807) is 12.1 Å². The van der Waals surface area contributed by atoms with Crippen molar-refractivity contribution in [1.82, 2.24) is 5.32 Å². The maximum atomic E-state index is 11.7. The van der Waals surface area contributed by atoms with Crippen molar-refractivity contribution in [3.8, 4) is 0 Å². The number of ether oxygens (including phenoxy) is 1. The summed E-state index contributed by atoms with van der Waals surface area (Å²) in [6, 6.07) is 7.31. The first-order valence-electron chi connectivity index (χ1n) is 10.0. The van der Waals surface area contributed by atoms with Gasteiger partial charge in [-0.2, -0.15) is 0 Å². The smallest absolute Gasteiger partial charge is 0.332 e. The molecular formula is C23H31NO5S. The number of carboxylic acids is 2. The second-order valence-electron chi connectivity index (χ2n) is 6.90. The Kier molecular flexibility index (Phi) is 10.6. The molecule has 1 aliphatic carbocycles. The second kappa shape index (κ2) is 12.4. The zero-order chi connectivity index (χ0) is 22.7. The highest BCUT2D eigenvalue weighted by molar-refractivity contribution is 7.81. The van der Waals surface area contributed by atoms with Gasteiger partial charge in [-0.1, -0.05) is 74.1 Å². The summed E-state index contributed by atoms with van der Waals surface area (Å²) in [6.45, 7) is 11.3. The first kappa shape index (κ1) is 25.7. The molecule has 164 valence electrons. The number of carbonyl (C=O) groups is 2. The average Bonchev–Trinajstić information content (AvgIpc) is 2.76. The fraction of sp³-hybridized carbons (Fsp3) is 0.435. The zero-order valence-corrected chi connectivity index (χ0v) is 18.8. The van der Waals surface area contributed by atoms with Gasteiger partial charge >= 0.3 is 11.9 Å². The molecule has 1 saturated heterocycles. The number of allylic oxidation sites excluding steroid dienone is 2. The van der Waals surface area contributed by atoms with Gasteiger partial charge in [-0.15, -0.1) is 0 Å². The van der Waals surface area contributed by atoms with E-state index in [1.807, 2.05) is 32.9 Å². The largest absolute Gasteiger partial charge is 0.481 e. The number of hydrogen-bond acceptors (Lipinski definition) is 5. The summed E-state index contributed by atoms with van der Waals surface area (Å²) >= 11 is 5.45. The number of morpholine rings is 1. The maximum absolute atomic E-state index is 11.7. The van der Waals surface area contributed by atoms with Crippen LogP contribution in [0.3, 0.4) is 0 Å². The summed E-state index contributed by atoms with van der Waals surface area (Å²) in [5.41, 5.74) is 0.327. The molecule has 1 aromatic rings. The number of benzene rings is 1. The van der Waals surface area contributed by atoms with Crippen molar-refractivity contribution in [2.24, 2.45) is 11.3 Å². The standard InChI is InChI=1S/C17H16O4S.C4H9NO.C2H6/c1-10-5-7-11(8-6-10)14(22)13-12(15(18)19)4-3-9-17(13,2)16(20)21;1-3-6-4-2-5-1;1-2/h3-9,13H,1-2H3,(H,18,19)(H,20,21);5H,1-4H2;1-2H3. The molecule has 7 heteroatoms. The van der Waals surface area contributed by atoms with Crippen LogP contribution in [0.2, 0.25) is 0 Å². The van der Waals surface area contributed by atoms with Crippen LogP contribution in [0.4, 0.5) is 0 Å². The lowest BCUT2D eigenvalue weighted by Gasteiger charge is -2.34. The number of aryl methyl sites for hydroxylation is 1. The van der Waals surface area contributed by atoms with Gasteiger partial charge < -0.3 is 20.3 Å². The molecule has 30 heavy (non-hydrogen) atoms. The highest BCUT2D eigenvalue weighted by Crippen LogP contribution is 2.40. The number of aliphatic carboxylic acids is 2. The average molecular weight is 434 g/mol. The molecular weight excluding hydrogens is 402 g/mol. The van der Waals surface area contributed by atoms with E-state index in [2.05, 4.69) is 5.32 Å². The Balaban J connectivity index is 0.000000474. The molecule has 3 N–H and O–H groups in total. The minimum atomic E-state index is -1.38. The summed E-state index contributed by atoms with van der Waals surface area (Å²) in [6.07, 6.45) is 4.37. The number of carboxylic acid groups (broad SMARTS) is 2. The van der Waals surface area contributed by atoms with Crippen LogP contribution in [0, 0.1) is 18.3 Å². The zero-order valence-electron chi connectivity index (χ0n) is 18.0. The molecule has 0 saturated carbocycles. The quantitative estimate of drug-likeness (QED) is 0.493. The Hall–Kier alpha value is -2.35. The molecule has 0 aromatic heterocycles. The van der Waals surface area contributed by atoms with Crippen LogP contribution in [0.5, 0.6) is 0 Å². The molecule has 6 nitrogen and oxygen atoms in total. The molecule has 2 atom stereocenters. The second-order valence-corrected chi connectivity index (χ2v) is 7.34. The maximum Gasteiger partial charge on any atom is 0.332 e.